The van der Waals surface area contributed by atoms with Crippen LogP contribution in [0.3, 0.4) is 0 Å². The van der Waals surface area contributed by atoms with E-state index < -0.39 is 10.0 Å². The van der Waals surface area contributed by atoms with Crippen LogP contribution in [0, 0.1) is 0 Å². The van der Waals surface area contributed by atoms with Gasteiger partial charge in [0, 0.05) is 18.2 Å². The van der Waals surface area contributed by atoms with Crippen molar-refractivity contribution in [2.45, 2.75) is 31.2 Å². The Morgan fingerprint density at radius 1 is 1.04 bits per heavy atom. The molecule has 2 N–H and O–H groups in total. The molecule has 2 aromatic rings. The highest BCUT2D eigenvalue weighted by Gasteiger charge is 2.18. The van der Waals surface area contributed by atoms with Crippen LogP contribution in [0.2, 0.25) is 0 Å². The lowest BCUT2D eigenvalue weighted by Gasteiger charge is -2.15. The third-order valence-electron chi connectivity index (χ3n) is 3.40. The minimum Gasteiger partial charge on any atom is -0.326 e. The monoisotopic (exact) mass is 332 g/mol. The first-order valence-electron chi connectivity index (χ1n) is 7.39. The zero-order chi connectivity index (χ0) is 16.9. The van der Waals surface area contributed by atoms with Gasteiger partial charge in [-0.15, -0.1) is 0 Å². The van der Waals surface area contributed by atoms with Crippen LogP contribution in [-0.4, -0.2) is 14.3 Å². The van der Waals surface area contributed by atoms with Gasteiger partial charge in [0.2, 0.25) is 15.9 Å². The number of carbonyl (C=O) groups excluding carboxylic acids is 1. The number of carbonyl (C=O) groups is 1. The zero-order valence-electron chi connectivity index (χ0n) is 13.1. The van der Waals surface area contributed by atoms with Crippen LogP contribution in [0.1, 0.15) is 31.9 Å². The van der Waals surface area contributed by atoms with Crippen LogP contribution < -0.4 is 10.0 Å². The van der Waals surface area contributed by atoms with Gasteiger partial charge in [0.05, 0.1) is 4.90 Å². The molecular weight excluding hydrogens is 312 g/mol. The molecule has 0 bridgehead atoms. The largest absolute Gasteiger partial charge is 0.326 e. The highest BCUT2D eigenvalue weighted by molar-refractivity contribution is 7.89. The number of amides is 1. The Labute approximate surface area is 136 Å². The van der Waals surface area contributed by atoms with Crippen LogP contribution in [0.25, 0.3) is 0 Å². The molecule has 1 amide bonds. The quantitative estimate of drug-likeness (QED) is 0.853. The van der Waals surface area contributed by atoms with Crippen molar-refractivity contribution in [2.75, 3.05) is 5.32 Å². The molecule has 1 atom stereocenters. The van der Waals surface area contributed by atoms with E-state index in [1.54, 1.807) is 26.0 Å². The second kappa shape index (κ2) is 7.39. The van der Waals surface area contributed by atoms with Gasteiger partial charge >= 0.3 is 0 Å². The van der Waals surface area contributed by atoms with Crippen molar-refractivity contribution < 1.29 is 13.2 Å². The molecule has 0 aliphatic carbocycles. The highest BCUT2D eigenvalue weighted by atomic mass is 32.2. The number of hydrogen-bond donors (Lipinski definition) is 2. The van der Waals surface area contributed by atoms with E-state index in [2.05, 4.69) is 10.0 Å². The molecular formula is C17H20N2O3S. The number of rotatable bonds is 6. The molecule has 1 unspecified atom stereocenters. The lowest BCUT2D eigenvalue weighted by atomic mass is 10.1. The molecule has 6 heteroatoms. The average Bonchev–Trinajstić information content (AvgIpc) is 2.55. The fourth-order valence-electron chi connectivity index (χ4n) is 2.08. The van der Waals surface area contributed by atoms with Crippen LogP contribution >= 0.6 is 0 Å². The SMILES string of the molecule is CCC(=O)Nc1ccc(S(=O)(=O)NC(C)c2ccccc2)cc1. The van der Waals surface area contributed by atoms with Gasteiger partial charge in [-0.3, -0.25) is 4.79 Å². The van der Waals surface area contributed by atoms with Crippen molar-refractivity contribution in [3.63, 3.8) is 0 Å². The Morgan fingerprint density at radius 2 is 1.65 bits per heavy atom. The summed E-state index contributed by atoms with van der Waals surface area (Å²) in [5.74, 6) is -0.114. The Bertz CT molecular complexity index is 756. The number of anilines is 1. The highest BCUT2D eigenvalue weighted by Crippen LogP contribution is 2.18. The predicted molar refractivity (Wildman–Crippen MR) is 90.5 cm³/mol. The number of nitrogens with one attached hydrogen (secondary N) is 2. The van der Waals surface area contributed by atoms with Gasteiger partial charge in [-0.05, 0) is 36.8 Å². The lowest BCUT2D eigenvalue weighted by Crippen LogP contribution is -2.26. The third kappa shape index (κ3) is 4.64. The fraction of sp³-hybridized carbons (Fsp3) is 0.235. The fourth-order valence-corrected chi connectivity index (χ4v) is 3.31. The molecule has 0 saturated carbocycles. The Hall–Kier alpha value is -2.18. The second-order valence-corrected chi connectivity index (χ2v) is 6.89. The summed E-state index contributed by atoms with van der Waals surface area (Å²) in [6.45, 7) is 3.55. The number of benzene rings is 2. The molecule has 0 heterocycles. The average molecular weight is 332 g/mol. The third-order valence-corrected chi connectivity index (χ3v) is 4.96. The van der Waals surface area contributed by atoms with Crippen molar-refractivity contribution in [3.8, 4) is 0 Å². The van der Waals surface area contributed by atoms with Gasteiger partial charge in [-0.25, -0.2) is 13.1 Å². The maximum atomic E-state index is 12.4. The van der Waals surface area contributed by atoms with Gasteiger partial charge in [0.25, 0.3) is 0 Å². The number of sulfonamides is 1. The van der Waals surface area contributed by atoms with Crippen LogP contribution in [0.4, 0.5) is 5.69 Å². The van der Waals surface area contributed by atoms with E-state index in [1.165, 1.54) is 12.1 Å². The zero-order valence-corrected chi connectivity index (χ0v) is 13.9. The van der Waals surface area contributed by atoms with E-state index in [4.69, 9.17) is 0 Å². The normalized spacial score (nSPS) is 12.6. The summed E-state index contributed by atoms with van der Waals surface area (Å²) in [4.78, 5) is 11.5. The topological polar surface area (TPSA) is 75.3 Å². The first kappa shape index (κ1) is 17.2. The van der Waals surface area contributed by atoms with Crippen molar-refractivity contribution in [3.05, 3.63) is 60.2 Å². The summed E-state index contributed by atoms with van der Waals surface area (Å²) >= 11 is 0. The molecule has 0 fully saturated rings. The lowest BCUT2D eigenvalue weighted by molar-refractivity contribution is -0.115. The Balaban J connectivity index is 2.12. The molecule has 5 nitrogen and oxygen atoms in total. The first-order chi connectivity index (χ1) is 10.9. The second-order valence-electron chi connectivity index (χ2n) is 5.18. The van der Waals surface area contributed by atoms with E-state index in [-0.39, 0.29) is 16.8 Å². The molecule has 0 saturated heterocycles. The summed E-state index contributed by atoms with van der Waals surface area (Å²) in [5, 5.41) is 2.68. The summed E-state index contributed by atoms with van der Waals surface area (Å²) < 4.78 is 27.5. The predicted octanol–water partition coefficient (Wildman–Crippen LogP) is 3.07. The molecule has 0 aromatic heterocycles. The van der Waals surface area contributed by atoms with Crippen LogP contribution in [-0.2, 0) is 14.8 Å². The molecule has 122 valence electrons. The van der Waals surface area contributed by atoms with Crippen molar-refractivity contribution in [1.82, 2.24) is 4.72 Å². The standard InChI is InChI=1S/C17H20N2O3S/c1-3-17(20)18-15-9-11-16(12-10-15)23(21,22)19-13(2)14-7-5-4-6-8-14/h4-13,19H,3H2,1-2H3,(H,18,20). The number of hydrogen-bond acceptors (Lipinski definition) is 3. The maximum Gasteiger partial charge on any atom is 0.241 e. The molecule has 0 aliphatic rings. The van der Waals surface area contributed by atoms with Crippen molar-refractivity contribution in [2.24, 2.45) is 0 Å². The molecule has 2 rings (SSSR count). The smallest absolute Gasteiger partial charge is 0.241 e. The van der Waals surface area contributed by atoms with Gasteiger partial charge in [0.15, 0.2) is 0 Å². The van der Waals surface area contributed by atoms with E-state index in [0.717, 1.165) is 5.56 Å². The molecule has 0 aliphatic heterocycles. The van der Waals surface area contributed by atoms with Crippen molar-refractivity contribution in [1.29, 1.82) is 0 Å². The Kier molecular flexibility index (Phi) is 5.52. The van der Waals surface area contributed by atoms with E-state index in [1.807, 2.05) is 30.3 Å². The minimum absolute atomic E-state index is 0.114. The van der Waals surface area contributed by atoms with Crippen molar-refractivity contribution >= 4 is 21.6 Å². The summed E-state index contributed by atoms with van der Waals surface area (Å²) in [6.07, 6.45) is 0.371. The van der Waals surface area contributed by atoms with Gasteiger partial charge in [-0.2, -0.15) is 0 Å². The minimum atomic E-state index is -3.62. The molecule has 23 heavy (non-hydrogen) atoms. The van der Waals surface area contributed by atoms with E-state index in [0.29, 0.717) is 12.1 Å². The van der Waals surface area contributed by atoms with Crippen LogP contribution in [0.5, 0.6) is 0 Å². The Morgan fingerprint density at radius 3 is 2.22 bits per heavy atom. The first-order valence-corrected chi connectivity index (χ1v) is 8.88. The van der Waals surface area contributed by atoms with Crippen LogP contribution in [0.15, 0.2) is 59.5 Å². The van der Waals surface area contributed by atoms with Gasteiger partial charge in [-0.1, -0.05) is 37.3 Å². The maximum absolute atomic E-state index is 12.4. The molecule has 2 aromatic carbocycles. The summed E-state index contributed by atoms with van der Waals surface area (Å²) in [7, 11) is -3.62. The summed E-state index contributed by atoms with van der Waals surface area (Å²) in [5.41, 5.74) is 1.47. The van der Waals surface area contributed by atoms with Gasteiger partial charge in [0.1, 0.15) is 0 Å². The van der Waals surface area contributed by atoms with Gasteiger partial charge < -0.3 is 5.32 Å². The molecule has 0 radical (unpaired) electrons. The molecule has 0 spiro atoms. The summed E-state index contributed by atoms with van der Waals surface area (Å²) in [6, 6.07) is 15.1. The van der Waals surface area contributed by atoms with E-state index in [9.17, 15) is 13.2 Å². The van der Waals surface area contributed by atoms with E-state index >= 15 is 0 Å².